The van der Waals surface area contributed by atoms with Crippen molar-refractivity contribution in [2.24, 2.45) is 0 Å². The van der Waals surface area contributed by atoms with Crippen molar-refractivity contribution in [3.8, 4) is 0 Å². The fourth-order valence-electron chi connectivity index (χ4n) is 1.57. The summed E-state index contributed by atoms with van der Waals surface area (Å²) in [5.74, 6) is -2.54. The van der Waals surface area contributed by atoms with Crippen LogP contribution in [0.1, 0.15) is 27.6 Å². The first-order valence-electron chi connectivity index (χ1n) is 5.21. The van der Waals surface area contributed by atoms with Gasteiger partial charge in [-0.3, -0.25) is 0 Å². The third-order valence-corrected chi connectivity index (χ3v) is 3.75. The van der Waals surface area contributed by atoms with Crippen LogP contribution >= 0.6 is 0 Å². The molecule has 0 spiro atoms. The second kappa shape index (κ2) is 6.02. The minimum absolute atomic E-state index is 0.00246. The summed E-state index contributed by atoms with van der Waals surface area (Å²) in [5.41, 5.74) is -1.10. The molecule has 0 saturated carbocycles. The Balaban J connectivity index is 3.71. The van der Waals surface area contributed by atoms with Crippen molar-refractivity contribution in [1.82, 2.24) is 0 Å². The third kappa shape index (κ3) is 3.77. The number of hydrogen-bond donors (Lipinski definition) is 2. The van der Waals surface area contributed by atoms with Gasteiger partial charge in [-0.1, -0.05) is 0 Å². The number of benzene rings is 1. The first-order chi connectivity index (χ1) is 8.68. The van der Waals surface area contributed by atoms with E-state index in [1.54, 1.807) is 0 Å². The number of aromatic carboxylic acids is 1. The summed E-state index contributed by atoms with van der Waals surface area (Å²) in [6.07, 6.45) is 0. The molecule has 0 radical (unpaired) electrons. The Kier molecular flexibility index (Phi) is 5.11. The Morgan fingerprint density at radius 1 is 1.32 bits per heavy atom. The molecule has 0 atom stereocenters. The number of rotatable bonds is 4. The fraction of sp³-hybridized carbons (Fsp3) is 0.200. The van der Waals surface area contributed by atoms with Crippen LogP contribution in [-0.4, -0.2) is 64.6 Å². The Morgan fingerprint density at radius 3 is 2.26 bits per heavy atom. The second-order valence-electron chi connectivity index (χ2n) is 3.69. The quantitative estimate of drug-likeness (QED) is 0.441. The molecule has 2 N–H and O–H groups in total. The van der Waals surface area contributed by atoms with Crippen LogP contribution < -0.4 is 2.81 Å². The fourth-order valence-corrected chi connectivity index (χ4v) is 2.99. The number of carboxylic acid groups (broad SMARTS) is 1. The number of esters is 1. The Hall–Kier alpha value is -0.930. The molecule has 0 aliphatic rings. The van der Waals surface area contributed by atoms with Crippen LogP contribution in [0.4, 0.5) is 0 Å². The maximum absolute atomic E-state index is 11.7. The van der Waals surface area contributed by atoms with E-state index in [0.717, 1.165) is 6.07 Å². The molecule has 7 nitrogen and oxygen atoms in total. The van der Waals surface area contributed by atoms with Gasteiger partial charge in [0.1, 0.15) is 0 Å². The van der Waals surface area contributed by atoms with Gasteiger partial charge in [0.25, 0.3) is 0 Å². The van der Waals surface area contributed by atoms with E-state index in [4.69, 9.17) is 9.66 Å². The Labute approximate surface area is 126 Å². The monoisotopic (exact) mass is 296 g/mol. The molecule has 0 aromatic heterocycles. The van der Waals surface area contributed by atoms with Gasteiger partial charge >= 0.3 is 127 Å². The van der Waals surface area contributed by atoms with Crippen molar-refractivity contribution in [3.05, 3.63) is 23.3 Å². The summed E-state index contributed by atoms with van der Waals surface area (Å²) in [7, 11) is -4.86. The second-order valence-corrected chi connectivity index (χ2v) is 6.20. The maximum atomic E-state index is 11.7. The molecule has 0 heterocycles. The van der Waals surface area contributed by atoms with Crippen LogP contribution in [0.3, 0.4) is 0 Å². The van der Waals surface area contributed by atoms with Crippen molar-refractivity contribution in [3.63, 3.8) is 0 Å². The standard InChI is InChI=1S/C10H9O7S.Na/c1-2-17-10(13)7-5-3-4-6(9(11)12)8(7)18(14,15)16;/h4-5H,2H2,1H3,(H,11,12)(H,14,15,16);. The van der Waals surface area contributed by atoms with Crippen molar-refractivity contribution in [2.45, 2.75) is 11.8 Å². The Morgan fingerprint density at radius 2 is 1.84 bits per heavy atom. The topological polar surface area (TPSA) is 118 Å². The number of carbonyl (C=O) groups excluding carboxylic acids is 1. The first kappa shape index (κ1) is 16.1. The normalized spacial score (nSPS) is 11.2. The zero-order valence-corrected chi connectivity index (χ0v) is 13.0. The molecule has 19 heavy (non-hydrogen) atoms. The zero-order chi connectivity index (χ0) is 14.8. The molecule has 0 aliphatic heterocycles. The van der Waals surface area contributed by atoms with Crippen LogP contribution in [0, 0.1) is 0 Å². The van der Waals surface area contributed by atoms with Gasteiger partial charge in [0, 0.05) is 0 Å². The molecule has 0 fully saturated rings. The predicted octanol–water partition coefficient (Wildman–Crippen LogP) is -0.398. The summed E-state index contributed by atoms with van der Waals surface area (Å²) in [5, 5.41) is 8.98. The van der Waals surface area contributed by atoms with E-state index in [1.165, 1.54) is 13.0 Å². The van der Waals surface area contributed by atoms with Gasteiger partial charge in [-0.15, -0.1) is 0 Å². The molecule has 1 rings (SSSR count). The first-order valence-corrected chi connectivity index (χ1v) is 7.65. The van der Waals surface area contributed by atoms with Gasteiger partial charge < -0.3 is 0 Å². The molecule has 9 heteroatoms. The summed E-state index contributed by atoms with van der Waals surface area (Å²) in [4.78, 5) is 21.8. The van der Waals surface area contributed by atoms with Gasteiger partial charge in [-0.25, -0.2) is 0 Å². The Bertz CT molecular complexity index is 636. The number of carbonyl (C=O) groups is 2. The molecule has 1 aromatic carbocycles. The molecule has 0 bridgehead atoms. The van der Waals surface area contributed by atoms with Gasteiger partial charge in [0.15, 0.2) is 0 Å². The van der Waals surface area contributed by atoms with Gasteiger partial charge in [-0.2, -0.15) is 0 Å². The number of ether oxygens (including phenoxy) is 1. The number of hydrogen-bond acceptors (Lipinski definition) is 5. The van der Waals surface area contributed by atoms with E-state index in [0.29, 0.717) is 30.7 Å². The SMILES string of the molecule is CCOC(=O)c1c[c]([Na])cc(C(=O)O)c1S(=O)(=O)O. The summed E-state index contributed by atoms with van der Waals surface area (Å²) in [6.45, 7) is 1.52. The van der Waals surface area contributed by atoms with Crippen LogP contribution in [0.5, 0.6) is 0 Å². The molecule has 0 saturated heterocycles. The van der Waals surface area contributed by atoms with E-state index in [2.05, 4.69) is 4.74 Å². The van der Waals surface area contributed by atoms with E-state index in [9.17, 15) is 18.0 Å². The van der Waals surface area contributed by atoms with Crippen molar-refractivity contribution >= 4 is 52.8 Å². The van der Waals surface area contributed by atoms with Crippen LogP contribution in [0.25, 0.3) is 0 Å². The van der Waals surface area contributed by atoms with Gasteiger partial charge in [-0.05, 0) is 0 Å². The van der Waals surface area contributed by atoms with E-state index in [1.807, 2.05) is 0 Å². The van der Waals surface area contributed by atoms with Gasteiger partial charge in [0.05, 0.1) is 0 Å². The molecule has 98 valence electrons. The average molecular weight is 296 g/mol. The van der Waals surface area contributed by atoms with Crippen molar-refractivity contribution < 1.29 is 32.4 Å². The molecule has 1 aromatic rings. The zero-order valence-electron chi connectivity index (χ0n) is 10.2. The summed E-state index contributed by atoms with van der Waals surface area (Å²) >= 11 is 0.404. The third-order valence-electron chi connectivity index (χ3n) is 2.22. The van der Waals surface area contributed by atoms with Gasteiger partial charge in [0.2, 0.25) is 0 Å². The molecule has 0 aliphatic carbocycles. The molecule has 0 amide bonds. The summed E-state index contributed by atoms with van der Waals surface area (Å²) < 4.78 is 36.9. The predicted molar refractivity (Wildman–Crippen MR) is 64.6 cm³/mol. The summed E-state index contributed by atoms with van der Waals surface area (Å²) in [6, 6.07) is 2.32. The van der Waals surface area contributed by atoms with Crippen LogP contribution in [0.2, 0.25) is 0 Å². The average Bonchev–Trinajstić information content (AvgIpc) is 2.26. The molecule has 0 unspecified atom stereocenters. The number of carboxylic acids is 1. The minimum atomic E-state index is -4.86. The molecular weight excluding hydrogens is 287 g/mol. The van der Waals surface area contributed by atoms with Crippen LogP contribution in [-0.2, 0) is 14.9 Å². The van der Waals surface area contributed by atoms with E-state index >= 15 is 0 Å². The molecular formula is C10H9NaO7S. The van der Waals surface area contributed by atoms with E-state index < -0.39 is 38.1 Å². The van der Waals surface area contributed by atoms with E-state index in [-0.39, 0.29) is 6.61 Å². The van der Waals surface area contributed by atoms with Crippen molar-refractivity contribution in [2.75, 3.05) is 6.61 Å². The van der Waals surface area contributed by atoms with Crippen LogP contribution in [0.15, 0.2) is 17.0 Å². The van der Waals surface area contributed by atoms with Crippen molar-refractivity contribution in [1.29, 1.82) is 0 Å².